The summed E-state index contributed by atoms with van der Waals surface area (Å²) in [5.41, 5.74) is 3.06. The molecular weight excluding hydrogens is 390 g/mol. The van der Waals surface area contributed by atoms with Gasteiger partial charge in [0.1, 0.15) is 10.7 Å². The minimum absolute atomic E-state index is 0.0106. The molecule has 1 aromatic carbocycles. The van der Waals surface area contributed by atoms with Gasteiger partial charge in [-0.3, -0.25) is 9.59 Å². The summed E-state index contributed by atoms with van der Waals surface area (Å²) in [6, 6.07) is 8.37. The highest BCUT2D eigenvalue weighted by atomic mass is 32.2. The first kappa shape index (κ1) is 20.6. The largest absolute Gasteiger partial charge is 0.353 e. The standard InChI is InChI=1S/C21H25N3O2S2/c1-5-13(3)22-17(25)11-27-10-16-23-20(26)19-18(14(4)28-21(19)24-16)15-8-6-12(2)7-9-15/h6-9,13H,5,10-11H2,1-4H3,(H,22,25)(H,23,24,26)/t13-/m1/s1. The van der Waals surface area contributed by atoms with Gasteiger partial charge in [-0.15, -0.1) is 23.1 Å². The Bertz CT molecular complexity index is 1040. The maximum atomic E-state index is 12.8. The fraction of sp³-hybridized carbons (Fsp3) is 0.381. The van der Waals surface area contributed by atoms with E-state index in [1.54, 1.807) is 0 Å². The van der Waals surface area contributed by atoms with Crippen molar-refractivity contribution in [1.29, 1.82) is 0 Å². The number of thioether (sulfide) groups is 1. The van der Waals surface area contributed by atoms with Crippen molar-refractivity contribution >= 4 is 39.2 Å². The van der Waals surface area contributed by atoms with Gasteiger partial charge in [-0.05, 0) is 32.8 Å². The number of H-pyrrole nitrogens is 1. The average molecular weight is 416 g/mol. The molecule has 3 aromatic rings. The van der Waals surface area contributed by atoms with Gasteiger partial charge in [-0.1, -0.05) is 36.8 Å². The monoisotopic (exact) mass is 415 g/mol. The number of benzene rings is 1. The zero-order chi connectivity index (χ0) is 20.3. The maximum absolute atomic E-state index is 12.8. The number of thiophene rings is 1. The quantitative estimate of drug-likeness (QED) is 0.599. The van der Waals surface area contributed by atoms with Gasteiger partial charge in [-0.2, -0.15) is 0 Å². The van der Waals surface area contributed by atoms with Gasteiger partial charge in [0.15, 0.2) is 0 Å². The SMILES string of the molecule is CC[C@@H](C)NC(=O)CSCc1nc2sc(C)c(-c3ccc(C)cc3)c2c(=O)[nH]1. The number of nitrogens with one attached hydrogen (secondary N) is 2. The van der Waals surface area contributed by atoms with Crippen LogP contribution in [0.4, 0.5) is 0 Å². The van der Waals surface area contributed by atoms with Gasteiger partial charge >= 0.3 is 0 Å². The van der Waals surface area contributed by atoms with Crippen molar-refractivity contribution in [2.45, 2.75) is 45.9 Å². The molecular formula is C21H25N3O2S2. The zero-order valence-corrected chi connectivity index (χ0v) is 18.2. The number of aromatic nitrogens is 2. The molecule has 0 aliphatic carbocycles. The topological polar surface area (TPSA) is 74.8 Å². The Morgan fingerprint density at radius 1 is 1.29 bits per heavy atom. The summed E-state index contributed by atoms with van der Waals surface area (Å²) in [5.74, 6) is 1.46. The Morgan fingerprint density at radius 2 is 2.00 bits per heavy atom. The van der Waals surface area contributed by atoms with Gasteiger partial charge in [0.25, 0.3) is 5.56 Å². The van der Waals surface area contributed by atoms with Crippen molar-refractivity contribution in [3.8, 4) is 11.1 Å². The van der Waals surface area contributed by atoms with Crippen molar-refractivity contribution in [1.82, 2.24) is 15.3 Å². The van der Waals surface area contributed by atoms with Crippen LogP contribution in [0.25, 0.3) is 21.3 Å². The lowest BCUT2D eigenvalue weighted by Gasteiger charge is -2.10. The van der Waals surface area contributed by atoms with Crippen molar-refractivity contribution < 1.29 is 4.79 Å². The lowest BCUT2D eigenvalue weighted by Crippen LogP contribution is -2.33. The number of amides is 1. The predicted molar refractivity (Wildman–Crippen MR) is 119 cm³/mol. The van der Waals surface area contributed by atoms with Crippen molar-refractivity contribution in [3.63, 3.8) is 0 Å². The highest BCUT2D eigenvalue weighted by Gasteiger charge is 2.17. The molecule has 0 unspecified atom stereocenters. The van der Waals surface area contributed by atoms with Crippen molar-refractivity contribution in [2.24, 2.45) is 0 Å². The van der Waals surface area contributed by atoms with Gasteiger partial charge in [0, 0.05) is 16.5 Å². The van der Waals surface area contributed by atoms with Crippen LogP contribution in [0.5, 0.6) is 0 Å². The maximum Gasteiger partial charge on any atom is 0.260 e. The van der Waals surface area contributed by atoms with E-state index in [-0.39, 0.29) is 17.5 Å². The molecule has 0 bridgehead atoms. The van der Waals surface area contributed by atoms with E-state index in [1.807, 2.05) is 39.8 Å². The number of carbonyl (C=O) groups is 1. The second kappa shape index (κ2) is 8.92. The highest BCUT2D eigenvalue weighted by Crippen LogP contribution is 2.35. The molecule has 28 heavy (non-hydrogen) atoms. The summed E-state index contributed by atoms with van der Waals surface area (Å²) < 4.78 is 0. The van der Waals surface area contributed by atoms with Crippen LogP contribution in [0.1, 0.15) is 36.5 Å². The molecule has 1 amide bonds. The summed E-state index contributed by atoms with van der Waals surface area (Å²) in [6.45, 7) is 8.09. The molecule has 1 atom stereocenters. The molecule has 3 rings (SSSR count). The molecule has 148 valence electrons. The molecule has 2 N–H and O–H groups in total. The summed E-state index contributed by atoms with van der Waals surface area (Å²) in [7, 11) is 0. The number of aromatic amines is 1. The fourth-order valence-electron chi connectivity index (χ4n) is 2.96. The van der Waals surface area contributed by atoms with E-state index in [9.17, 15) is 9.59 Å². The number of hydrogen-bond donors (Lipinski definition) is 2. The first-order chi connectivity index (χ1) is 13.4. The number of aryl methyl sites for hydroxylation is 2. The number of hydrogen-bond acceptors (Lipinski definition) is 5. The third-order valence-electron chi connectivity index (χ3n) is 4.62. The van der Waals surface area contributed by atoms with Crippen LogP contribution >= 0.6 is 23.1 Å². The normalized spacial score (nSPS) is 12.3. The number of nitrogens with zero attached hydrogens (tertiary/aromatic N) is 1. The Balaban J connectivity index is 1.80. The Kier molecular flexibility index (Phi) is 6.57. The van der Waals surface area contributed by atoms with Gasteiger partial charge < -0.3 is 10.3 Å². The third kappa shape index (κ3) is 4.64. The molecule has 0 saturated carbocycles. The van der Waals surface area contributed by atoms with E-state index in [0.29, 0.717) is 22.7 Å². The zero-order valence-electron chi connectivity index (χ0n) is 16.6. The molecule has 0 saturated heterocycles. The Hall–Kier alpha value is -2.12. The molecule has 0 aliphatic rings. The number of rotatable bonds is 7. The summed E-state index contributed by atoms with van der Waals surface area (Å²) in [6.07, 6.45) is 0.906. The third-order valence-corrected chi connectivity index (χ3v) is 6.56. The number of fused-ring (bicyclic) bond motifs is 1. The Labute approximate surface area is 173 Å². The summed E-state index contributed by atoms with van der Waals surface area (Å²) in [4.78, 5) is 34.0. The smallest absolute Gasteiger partial charge is 0.260 e. The first-order valence-electron chi connectivity index (χ1n) is 9.35. The molecule has 5 nitrogen and oxygen atoms in total. The Morgan fingerprint density at radius 3 is 2.68 bits per heavy atom. The highest BCUT2D eigenvalue weighted by molar-refractivity contribution is 7.99. The predicted octanol–water partition coefficient (Wildman–Crippen LogP) is 4.42. The summed E-state index contributed by atoms with van der Waals surface area (Å²) in [5, 5.41) is 3.59. The minimum atomic E-state index is -0.121. The summed E-state index contributed by atoms with van der Waals surface area (Å²) >= 11 is 2.99. The van der Waals surface area contributed by atoms with Crippen LogP contribution in [0.3, 0.4) is 0 Å². The van der Waals surface area contributed by atoms with E-state index >= 15 is 0 Å². The molecule has 0 radical (unpaired) electrons. The first-order valence-corrected chi connectivity index (χ1v) is 11.3. The van der Waals surface area contributed by atoms with Crippen LogP contribution in [-0.4, -0.2) is 27.7 Å². The van der Waals surface area contributed by atoms with Gasteiger partial charge in [-0.25, -0.2) is 4.98 Å². The van der Waals surface area contributed by atoms with E-state index in [2.05, 4.69) is 27.4 Å². The lowest BCUT2D eigenvalue weighted by atomic mass is 10.0. The van der Waals surface area contributed by atoms with E-state index in [4.69, 9.17) is 0 Å². The van der Waals surface area contributed by atoms with Crippen molar-refractivity contribution in [3.05, 3.63) is 50.9 Å². The minimum Gasteiger partial charge on any atom is -0.353 e. The number of carbonyl (C=O) groups excluding carboxylic acids is 1. The van der Waals surface area contributed by atoms with Crippen LogP contribution in [0.15, 0.2) is 29.1 Å². The molecule has 0 spiro atoms. The average Bonchev–Trinajstić information content (AvgIpc) is 2.98. The second-order valence-corrected chi connectivity index (χ2v) is 9.15. The van der Waals surface area contributed by atoms with E-state index in [1.165, 1.54) is 28.7 Å². The van der Waals surface area contributed by atoms with E-state index in [0.717, 1.165) is 27.3 Å². The van der Waals surface area contributed by atoms with Crippen LogP contribution in [0, 0.1) is 13.8 Å². The molecule has 2 heterocycles. The molecule has 7 heteroatoms. The molecule has 0 fully saturated rings. The van der Waals surface area contributed by atoms with Crippen LogP contribution in [0.2, 0.25) is 0 Å². The second-order valence-electron chi connectivity index (χ2n) is 6.96. The van der Waals surface area contributed by atoms with Gasteiger partial charge in [0.05, 0.1) is 16.9 Å². The lowest BCUT2D eigenvalue weighted by molar-refractivity contribution is -0.119. The molecule has 2 aromatic heterocycles. The fourth-order valence-corrected chi connectivity index (χ4v) is 4.72. The van der Waals surface area contributed by atoms with Crippen LogP contribution < -0.4 is 10.9 Å². The van der Waals surface area contributed by atoms with Crippen molar-refractivity contribution in [2.75, 3.05) is 5.75 Å². The molecule has 0 aliphatic heterocycles. The van der Waals surface area contributed by atoms with Crippen LogP contribution in [-0.2, 0) is 10.5 Å². The van der Waals surface area contributed by atoms with Gasteiger partial charge in [0.2, 0.25) is 5.91 Å². The van der Waals surface area contributed by atoms with E-state index < -0.39 is 0 Å².